The van der Waals surface area contributed by atoms with Crippen molar-refractivity contribution in [3.8, 4) is 0 Å². The number of ether oxygens (including phenoxy) is 4. The summed E-state index contributed by atoms with van der Waals surface area (Å²) in [6, 6.07) is 0. The van der Waals surface area contributed by atoms with E-state index in [2.05, 4.69) is 25.2 Å². The first-order chi connectivity index (χ1) is 12.8. The van der Waals surface area contributed by atoms with Gasteiger partial charge in [0.1, 0.15) is 31.8 Å². The monoisotopic (exact) mass is 384 g/mol. The fourth-order valence-electron chi connectivity index (χ4n) is 1.58. The van der Waals surface area contributed by atoms with Gasteiger partial charge < -0.3 is 18.9 Å². The summed E-state index contributed by atoms with van der Waals surface area (Å²) in [5, 5.41) is 0. The first-order valence-corrected chi connectivity index (χ1v) is 7.79. The van der Waals surface area contributed by atoms with Gasteiger partial charge in [-0.2, -0.15) is 0 Å². The molecule has 0 fully saturated rings. The van der Waals surface area contributed by atoms with Crippen LogP contribution >= 0.6 is 0 Å². The number of hydrogen-bond acceptors (Lipinski definition) is 10. The van der Waals surface area contributed by atoms with Crippen LogP contribution in [0.2, 0.25) is 0 Å². The second-order valence-electron chi connectivity index (χ2n) is 5.30. The van der Waals surface area contributed by atoms with Crippen molar-refractivity contribution in [3.63, 3.8) is 0 Å². The predicted molar refractivity (Wildman–Crippen MR) is 93.7 cm³/mol. The van der Waals surface area contributed by atoms with Gasteiger partial charge in [-0.3, -0.25) is 16.1 Å². The molecule has 150 valence electrons. The van der Waals surface area contributed by atoms with Gasteiger partial charge >= 0.3 is 23.9 Å². The molecule has 3 N–H and O–H groups in total. The Morgan fingerprint density at radius 1 is 0.778 bits per heavy atom. The molecule has 0 aliphatic heterocycles. The average Bonchev–Trinajstić information content (AvgIpc) is 2.69. The summed E-state index contributed by atoms with van der Waals surface area (Å²) in [5.74, 6) is 2.19. The quantitative estimate of drug-likeness (QED) is 0.133. The normalized spacial score (nSPS) is 10.3. The van der Waals surface area contributed by atoms with Crippen molar-refractivity contribution >= 4 is 23.9 Å². The van der Waals surface area contributed by atoms with E-state index >= 15 is 0 Å². The molecular formula is C17H24N2O8. The summed E-state index contributed by atoms with van der Waals surface area (Å²) in [6.07, 6.45) is 2.75. The van der Waals surface area contributed by atoms with Gasteiger partial charge in [0.05, 0.1) is 6.42 Å². The Kier molecular flexibility index (Phi) is 11.8. The molecule has 0 rings (SSSR count). The maximum Gasteiger partial charge on any atom is 0.330 e. The van der Waals surface area contributed by atoms with Crippen LogP contribution in [0.3, 0.4) is 0 Å². The van der Waals surface area contributed by atoms with Crippen molar-refractivity contribution in [1.29, 1.82) is 0 Å². The smallest absolute Gasteiger partial charge is 0.330 e. The van der Waals surface area contributed by atoms with E-state index in [0.29, 0.717) is 0 Å². The molecule has 0 bridgehead atoms. The zero-order valence-corrected chi connectivity index (χ0v) is 14.9. The maximum absolute atomic E-state index is 11.7. The molecular weight excluding hydrogens is 360 g/mol. The number of rotatable bonds is 14. The third-order valence-corrected chi connectivity index (χ3v) is 3.07. The first-order valence-electron chi connectivity index (χ1n) is 7.79. The lowest BCUT2D eigenvalue weighted by atomic mass is 9.92. The van der Waals surface area contributed by atoms with E-state index in [9.17, 15) is 19.2 Å². The molecule has 27 heavy (non-hydrogen) atoms. The zero-order chi connectivity index (χ0) is 20.7. The Balaban J connectivity index is 5.32. The molecule has 10 nitrogen and oxygen atoms in total. The van der Waals surface area contributed by atoms with Crippen LogP contribution in [-0.4, -0.2) is 56.8 Å². The number of nitrogens with one attached hydrogen (secondary N) is 1. The molecule has 0 aromatic rings. The summed E-state index contributed by atoms with van der Waals surface area (Å²) in [7, 11) is 0. The highest BCUT2D eigenvalue weighted by Gasteiger charge is 2.37. The molecule has 0 aliphatic rings. The molecule has 0 aliphatic carbocycles. The third kappa shape index (κ3) is 10.6. The summed E-state index contributed by atoms with van der Waals surface area (Å²) in [6.45, 7) is 8.47. The van der Waals surface area contributed by atoms with Crippen LogP contribution in [0.1, 0.15) is 6.42 Å². The second-order valence-corrected chi connectivity index (χ2v) is 5.30. The van der Waals surface area contributed by atoms with Gasteiger partial charge in [0, 0.05) is 24.8 Å². The van der Waals surface area contributed by atoms with Gasteiger partial charge in [-0.05, 0) is 0 Å². The Morgan fingerprint density at radius 2 is 1.15 bits per heavy atom. The Labute approximate surface area is 156 Å². The van der Waals surface area contributed by atoms with E-state index in [4.69, 9.17) is 24.8 Å². The van der Waals surface area contributed by atoms with Crippen LogP contribution in [-0.2, 0) is 38.1 Å². The van der Waals surface area contributed by atoms with E-state index in [1.54, 1.807) is 0 Å². The number of hydrogen-bond donors (Lipinski definition) is 2. The highest BCUT2D eigenvalue weighted by atomic mass is 16.6. The Hall–Kier alpha value is -2.98. The van der Waals surface area contributed by atoms with Gasteiger partial charge in [0.25, 0.3) is 0 Å². The number of nitrogens with two attached hydrogens (primary N) is 1. The van der Waals surface area contributed by atoms with Crippen LogP contribution in [0.4, 0.5) is 0 Å². The van der Waals surface area contributed by atoms with Crippen LogP contribution in [0.15, 0.2) is 38.0 Å². The highest BCUT2D eigenvalue weighted by molar-refractivity contribution is 5.82. The van der Waals surface area contributed by atoms with E-state index in [-0.39, 0.29) is 39.4 Å². The van der Waals surface area contributed by atoms with Gasteiger partial charge in [-0.15, -0.1) is 0 Å². The molecule has 0 heterocycles. The second kappa shape index (κ2) is 13.3. The number of carbonyl (C=O) groups is 4. The zero-order valence-electron chi connectivity index (χ0n) is 14.9. The highest BCUT2D eigenvalue weighted by Crippen LogP contribution is 2.21. The lowest BCUT2D eigenvalue weighted by molar-refractivity contribution is -0.166. The van der Waals surface area contributed by atoms with Gasteiger partial charge in [-0.25, -0.2) is 14.4 Å². The van der Waals surface area contributed by atoms with Crippen LogP contribution < -0.4 is 11.3 Å². The molecule has 10 heteroatoms. The summed E-state index contributed by atoms with van der Waals surface area (Å²) in [5.41, 5.74) is 0.951. The fraction of sp³-hybridized carbons (Fsp3) is 0.412. The van der Waals surface area contributed by atoms with Gasteiger partial charge in [-0.1, -0.05) is 19.7 Å². The minimum atomic E-state index is -1.35. The number of esters is 4. The number of carbonyl (C=O) groups excluding carboxylic acids is 4. The first kappa shape index (κ1) is 24.0. The molecule has 0 aromatic heterocycles. The molecule has 0 saturated carbocycles. The van der Waals surface area contributed by atoms with Crippen molar-refractivity contribution in [2.75, 3.05) is 33.0 Å². The largest absolute Gasteiger partial charge is 0.465 e. The number of hydrazine groups is 1. The molecule has 0 saturated heterocycles. The SMILES string of the molecule is C=CC(=O)OCC(COC(=O)C=C)(COC(=O)C=C)COC(=O)CCNN. The van der Waals surface area contributed by atoms with E-state index in [0.717, 1.165) is 18.2 Å². The third-order valence-electron chi connectivity index (χ3n) is 3.07. The van der Waals surface area contributed by atoms with Crippen LogP contribution in [0.5, 0.6) is 0 Å². The molecule has 0 radical (unpaired) electrons. The van der Waals surface area contributed by atoms with Gasteiger partial charge in [0.15, 0.2) is 0 Å². The van der Waals surface area contributed by atoms with E-state index in [1.165, 1.54) is 0 Å². The Bertz CT molecular complexity index is 513. The summed E-state index contributed by atoms with van der Waals surface area (Å²) < 4.78 is 20.1. The van der Waals surface area contributed by atoms with Crippen molar-refractivity contribution in [1.82, 2.24) is 5.43 Å². The minimum Gasteiger partial charge on any atom is -0.465 e. The van der Waals surface area contributed by atoms with Crippen molar-refractivity contribution < 1.29 is 38.1 Å². The Morgan fingerprint density at radius 3 is 1.48 bits per heavy atom. The molecule has 0 atom stereocenters. The van der Waals surface area contributed by atoms with Crippen molar-refractivity contribution in [2.24, 2.45) is 11.3 Å². The standard InChI is InChI=1S/C17H24N2O8/c1-4-13(20)24-9-17(10-25-14(21)5-2,11-26-15(22)6-3)12-27-16(23)7-8-19-18/h4-6,19H,1-3,7-12,18H2. The molecule has 0 aromatic carbocycles. The van der Waals surface area contributed by atoms with Crippen molar-refractivity contribution in [2.45, 2.75) is 6.42 Å². The topological polar surface area (TPSA) is 143 Å². The molecule has 0 amide bonds. The molecule has 0 spiro atoms. The van der Waals surface area contributed by atoms with Crippen LogP contribution in [0, 0.1) is 5.41 Å². The van der Waals surface area contributed by atoms with Crippen LogP contribution in [0.25, 0.3) is 0 Å². The maximum atomic E-state index is 11.7. The minimum absolute atomic E-state index is 0.0298. The lowest BCUT2D eigenvalue weighted by Gasteiger charge is -2.31. The van der Waals surface area contributed by atoms with E-state index < -0.39 is 29.3 Å². The van der Waals surface area contributed by atoms with E-state index in [1.807, 2.05) is 0 Å². The van der Waals surface area contributed by atoms with Crippen molar-refractivity contribution in [3.05, 3.63) is 38.0 Å². The average molecular weight is 384 g/mol. The summed E-state index contributed by atoms with van der Waals surface area (Å²) >= 11 is 0. The lowest BCUT2D eigenvalue weighted by Crippen LogP contribution is -2.43. The molecule has 0 unspecified atom stereocenters. The fourth-order valence-corrected chi connectivity index (χ4v) is 1.58. The summed E-state index contributed by atoms with van der Waals surface area (Å²) in [4.78, 5) is 46.0. The predicted octanol–water partition coefficient (Wildman–Crippen LogP) is -0.443. The van der Waals surface area contributed by atoms with Gasteiger partial charge in [0.2, 0.25) is 0 Å².